The molecule has 6 heteroatoms. The Morgan fingerprint density at radius 3 is 2.42 bits per heavy atom. The molecule has 3 amide bonds. The van der Waals surface area contributed by atoms with E-state index < -0.39 is 6.04 Å². The summed E-state index contributed by atoms with van der Waals surface area (Å²) >= 11 is 0. The summed E-state index contributed by atoms with van der Waals surface area (Å²) in [5.74, 6) is -0.221. The van der Waals surface area contributed by atoms with E-state index >= 15 is 0 Å². The molecule has 2 aromatic rings. The van der Waals surface area contributed by atoms with E-state index in [1.54, 1.807) is 48.4 Å². The molecule has 162 valence electrons. The Hall–Kier alpha value is -3.15. The van der Waals surface area contributed by atoms with Crippen molar-refractivity contribution in [3.63, 3.8) is 0 Å². The summed E-state index contributed by atoms with van der Waals surface area (Å²) in [6.45, 7) is 1.96. The lowest BCUT2D eigenvalue weighted by Gasteiger charge is -2.37. The predicted octanol–water partition coefficient (Wildman–Crippen LogP) is 4.11. The number of carbonyl (C=O) groups excluding carboxylic acids is 3. The van der Waals surface area contributed by atoms with E-state index in [1.807, 2.05) is 19.1 Å². The van der Waals surface area contributed by atoms with Gasteiger partial charge < -0.3 is 9.64 Å². The first-order valence-corrected chi connectivity index (χ1v) is 10.9. The number of rotatable bonds is 5. The second-order valence-corrected chi connectivity index (χ2v) is 8.36. The lowest BCUT2D eigenvalue weighted by molar-refractivity contribution is -0.123. The van der Waals surface area contributed by atoms with E-state index in [1.165, 1.54) is 4.90 Å². The number of methoxy groups -OCH3 is 1. The Labute approximate surface area is 182 Å². The van der Waals surface area contributed by atoms with Crippen LogP contribution in [-0.2, 0) is 9.59 Å². The Morgan fingerprint density at radius 2 is 1.74 bits per heavy atom. The fourth-order valence-electron chi connectivity index (χ4n) is 4.62. The van der Waals surface area contributed by atoms with Gasteiger partial charge in [0.2, 0.25) is 5.91 Å². The molecule has 31 heavy (non-hydrogen) atoms. The average molecular weight is 421 g/mol. The molecule has 1 saturated heterocycles. The largest absolute Gasteiger partial charge is 0.497 e. The number of amides is 3. The summed E-state index contributed by atoms with van der Waals surface area (Å²) in [5.41, 5.74) is 2.08. The van der Waals surface area contributed by atoms with Crippen LogP contribution in [0, 0.1) is 6.92 Å². The molecule has 2 aliphatic rings. The first kappa shape index (κ1) is 21.1. The summed E-state index contributed by atoms with van der Waals surface area (Å²) in [4.78, 5) is 42.9. The highest BCUT2D eigenvalue weighted by molar-refractivity contribution is 6.23. The number of aryl methyl sites for hydroxylation is 1. The SMILES string of the molecule is COc1cccc(C(=O)N(C2CCCCC2)C2CC(=O)N(c3ccc(C)cc3)C2=O)c1. The van der Waals surface area contributed by atoms with Gasteiger partial charge in [0.15, 0.2) is 0 Å². The van der Waals surface area contributed by atoms with Gasteiger partial charge >= 0.3 is 0 Å². The third-order valence-electron chi connectivity index (χ3n) is 6.27. The Kier molecular flexibility index (Phi) is 6.07. The molecule has 4 rings (SSSR count). The lowest BCUT2D eigenvalue weighted by Crippen LogP contribution is -2.51. The average Bonchev–Trinajstić information content (AvgIpc) is 3.09. The number of imide groups is 1. The van der Waals surface area contributed by atoms with Gasteiger partial charge in [0.25, 0.3) is 11.8 Å². The van der Waals surface area contributed by atoms with Crippen LogP contribution in [0.25, 0.3) is 0 Å². The summed E-state index contributed by atoms with van der Waals surface area (Å²) in [5, 5.41) is 0. The minimum absolute atomic E-state index is 0.0128. The lowest BCUT2D eigenvalue weighted by atomic mass is 9.92. The molecule has 0 radical (unpaired) electrons. The molecule has 1 aliphatic heterocycles. The Bertz CT molecular complexity index is 979. The number of hydrogen-bond donors (Lipinski definition) is 0. The number of benzene rings is 2. The zero-order chi connectivity index (χ0) is 22.0. The smallest absolute Gasteiger partial charge is 0.257 e. The number of anilines is 1. The van der Waals surface area contributed by atoms with Gasteiger partial charge in [-0.25, -0.2) is 4.90 Å². The fraction of sp³-hybridized carbons (Fsp3) is 0.400. The minimum Gasteiger partial charge on any atom is -0.497 e. The minimum atomic E-state index is -0.782. The molecular weight excluding hydrogens is 392 g/mol. The molecule has 6 nitrogen and oxygen atoms in total. The van der Waals surface area contributed by atoms with Crippen molar-refractivity contribution in [2.75, 3.05) is 12.0 Å². The maximum absolute atomic E-state index is 13.6. The van der Waals surface area contributed by atoms with Crippen LogP contribution in [0.15, 0.2) is 48.5 Å². The van der Waals surface area contributed by atoms with E-state index in [2.05, 4.69) is 0 Å². The fourth-order valence-corrected chi connectivity index (χ4v) is 4.62. The molecule has 1 atom stereocenters. The van der Waals surface area contributed by atoms with Crippen LogP contribution >= 0.6 is 0 Å². The van der Waals surface area contributed by atoms with Gasteiger partial charge in [-0.1, -0.05) is 43.0 Å². The van der Waals surface area contributed by atoms with Gasteiger partial charge in [-0.15, -0.1) is 0 Å². The van der Waals surface area contributed by atoms with Crippen molar-refractivity contribution in [1.29, 1.82) is 0 Å². The van der Waals surface area contributed by atoms with Gasteiger partial charge in [-0.3, -0.25) is 14.4 Å². The highest BCUT2D eigenvalue weighted by Gasteiger charge is 2.46. The predicted molar refractivity (Wildman–Crippen MR) is 118 cm³/mol. The van der Waals surface area contributed by atoms with Crippen molar-refractivity contribution in [3.8, 4) is 5.75 Å². The molecule has 1 heterocycles. The summed E-state index contributed by atoms with van der Waals surface area (Å²) in [7, 11) is 1.56. The summed E-state index contributed by atoms with van der Waals surface area (Å²) in [6, 6.07) is 13.5. The topological polar surface area (TPSA) is 66.9 Å². The van der Waals surface area contributed by atoms with Crippen LogP contribution in [0.3, 0.4) is 0 Å². The van der Waals surface area contributed by atoms with E-state index in [-0.39, 0.29) is 30.2 Å². The second kappa shape index (κ2) is 8.92. The molecule has 1 unspecified atom stereocenters. The molecular formula is C25H28N2O4. The van der Waals surface area contributed by atoms with Crippen molar-refractivity contribution in [3.05, 3.63) is 59.7 Å². The van der Waals surface area contributed by atoms with Gasteiger partial charge in [0, 0.05) is 11.6 Å². The third-order valence-corrected chi connectivity index (χ3v) is 6.27. The first-order valence-electron chi connectivity index (χ1n) is 10.9. The number of ether oxygens (including phenoxy) is 1. The van der Waals surface area contributed by atoms with Gasteiger partial charge in [-0.2, -0.15) is 0 Å². The molecule has 0 aromatic heterocycles. The van der Waals surface area contributed by atoms with Crippen molar-refractivity contribution < 1.29 is 19.1 Å². The first-order chi connectivity index (χ1) is 15.0. The number of nitrogens with zero attached hydrogens (tertiary/aromatic N) is 2. The molecule has 2 aromatic carbocycles. The zero-order valence-corrected chi connectivity index (χ0v) is 18.0. The van der Waals surface area contributed by atoms with Crippen LogP contribution in [-0.4, -0.2) is 41.8 Å². The van der Waals surface area contributed by atoms with Crippen molar-refractivity contribution in [2.45, 2.75) is 57.5 Å². The molecule has 1 saturated carbocycles. The van der Waals surface area contributed by atoms with Crippen LogP contribution in [0.4, 0.5) is 5.69 Å². The van der Waals surface area contributed by atoms with Gasteiger partial charge in [0.1, 0.15) is 11.8 Å². The number of carbonyl (C=O) groups is 3. The van der Waals surface area contributed by atoms with Crippen LogP contribution in [0.5, 0.6) is 5.75 Å². The zero-order valence-electron chi connectivity index (χ0n) is 18.0. The highest BCUT2D eigenvalue weighted by atomic mass is 16.5. The standard InChI is InChI=1S/C25H28N2O4/c1-17-11-13-20(14-12-17)27-23(28)16-22(25(27)30)26(19-8-4-3-5-9-19)24(29)18-7-6-10-21(15-18)31-2/h6-7,10-15,19,22H,3-5,8-9,16H2,1-2H3. The maximum Gasteiger partial charge on any atom is 0.257 e. The van der Waals surface area contributed by atoms with E-state index in [4.69, 9.17) is 4.74 Å². The summed E-state index contributed by atoms with van der Waals surface area (Å²) < 4.78 is 5.28. The van der Waals surface area contributed by atoms with E-state index in [0.29, 0.717) is 17.0 Å². The molecule has 2 fully saturated rings. The Balaban J connectivity index is 1.68. The maximum atomic E-state index is 13.6. The summed E-state index contributed by atoms with van der Waals surface area (Å²) in [6.07, 6.45) is 4.87. The van der Waals surface area contributed by atoms with Gasteiger partial charge in [-0.05, 0) is 50.1 Å². The van der Waals surface area contributed by atoms with E-state index in [9.17, 15) is 14.4 Å². The molecule has 0 N–H and O–H groups in total. The molecule has 0 spiro atoms. The van der Waals surface area contributed by atoms with Gasteiger partial charge in [0.05, 0.1) is 19.2 Å². The van der Waals surface area contributed by atoms with Crippen molar-refractivity contribution in [2.24, 2.45) is 0 Å². The molecule has 0 bridgehead atoms. The van der Waals surface area contributed by atoms with Crippen LogP contribution in [0.1, 0.15) is 54.4 Å². The quantitative estimate of drug-likeness (QED) is 0.683. The van der Waals surface area contributed by atoms with Crippen molar-refractivity contribution in [1.82, 2.24) is 4.90 Å². The monoisotopic (exact) mass is 420 g/mol. The molecule has 1 aliphatic carbocycles. The third kappa shape index (κ3) is 4.20. The number of hydrogen-bond acceptors (Lipinski definition) is 4. The highest BCUT2D eigenvalue weighted by Crippen LogP contribution is 2.32. The van der Waals surface area contributed by atoms with Crippen LogP contribution in [0.2, 0.25) is 0 Å². The second-order valence-electron chi connectivity index (χ2n) is 8.36. The van der Waals surface area contributed by atoms with E-state index in [0.717, 1.165) is 37.7 Å². The normalized spacial score (nSPS) is 19.5. The van der Waals surface area contributed by atoms with Crippen molar-refractivity contribution >= 4 is 23.4 Å². The van der Waals surface area contributed by atoms with Crippen LogP contribution < -0.4 is 9.64 Å². The Morgan fingerprint density at radius 1 is 1.03 bits per heavy atom.